The number of hydrogen-bond donors (Lipinski definition) is 1. The van der Waals surface area contributed by atoms with Crippen LogP contribution in [-0.2, 0) is 0 Å². The summed E-state index contributed by atoms with van der Waals surface area (Å²) >= 11 is 0. The maximum absolute atomic E-state index is 3.43. The Balaban J connectivity index is 2.46. The molecule has 1 rings (SSSR count). The van der Waals surface area contributed by atoms with Crippen molar-refractivity contribution in [2.45, 2.75) is 44.7 Å². The van der Waals surface area contributed by atoms with Crippen LogP contribution < -0.4 is 5.32 Å². The van der Waals surface area contributed by atoms with Gasteiger partial charge in [-0.15, -0.1) is 0 Å². The number of nitrogens with one attached hydrogen (secondary N) is 1. The van der Waals surface area contributed by atoms with E-state index in [1.807, 2.05) is 0 Å². The van der Waals surface area contributed by atoms with Gasteiger partial charge in [-0.3, -0.25) is 0 Å². The zero-order chi connectivity index (χ0) is 8.97. The van der Waals surface area contributed by atoms with Gasteiger partial charge in [-0.05, 0) is 33.5 Å². The highest BCUT2D eigenvalue weighted by Crippen LogP contribution is 2.21. The summed E-state index contributed by atoms with van der Waals surface area (Å²) < 4.78 is 0. The Labute approximate surface area is 76.3 Å². The predicted octanol–water partition coefficient (Wildman–Crippen LogP) is 1.47. The average molecular weight is 170 g/mol. The van der Waals surface area contributed by atoms with Gasteiger partial charge in [-0.1, -0.05) is 19.8 Å². The first kappa shape index (κ1) is 10.0. The van der Waals surface area contributed by atoms with E-state index in [1.165, 1.54) is 32.2 Å². The molecule has 0 aliphatic heterocycles. The van der Waals surface area contributed by atoms with Gasteiger partial charge in [-0.2, -0.15) is 0 Å². The van der Waals surface area contributed by atoms with Crippen LogP contribution in [0.4, 0.5) is 0 Å². The van der Waals surface area contributed by atoms with E-state index in [0.717, 1.165) is 12.1 Å². The number of rotatable bonds is 3. The molecule has 1 saturated carbocycles. The van der Waals surface area contributed by atoms with Crippen molar-refractivity contribution in [1.82, 2.24) is 10.2 Å². The molecule has 0 aromatic carbocycles. The highest BCUT2D eigenvalue weighted by Gasteiger charge is 2.25. The monoisotopic (exact) mass is 170 g/mol. The second kappa shape index (κ2) is 4.83. The van der Waals surface area contributed by atoms with E-state index in [-0.39, 0.29) is 0 Å². The Bertz CT molecular complexity index is 125. The topological polar surface area (TPSA) is 15.3 Å². The molecule has 1 N–H and O–H groups in total. The summed E-state index contributed by atoms with van der Waals surface area (Å²) in [4.78, 5) is 2.47. The lowest BCUT2D eigenvalue weighted by Gasteiger charge is -2.37. The van der Waals surface area contributed by atoms with Crippen molar-refractivity contribution in [2.75, 3.05) is 20.6 Å². The minimum Gasteiger partial charge on any atom is -0.315 e. The fraction of sp³-hybridized carbons (Fsp3) is 1.00. The van der Waals surface area contributed by atoms with Gasteiger partial charge >= 0.3 is 0 Å². The summed E-state index contributed by atoms with van der Waals surface area (Å²) in [7, 11) is 4.33. The molecule has 1 aliphatic rings. The Morgan fingerprint density at radius 2 is 2.00 bits per heavy atom. The van der Waals surface area contributed by atoms with Crippen LogP contribution in [0, 0.1) is 0 Å². The molecule has 0 saturated heterocycles. The minimum atomic E-state index is 0.726. The molecule has 0 radical (unpaired) electrons. The first-order valence-electron chi connectivity index (χ1n) is 5.17. The lowest BCUT2D eigenvalue weighted by Crippen LogP contribution is -2.49. The smallest absolute Gasteiger partial charge is 0.0246 e. The SMILES string of the molecule is CCN(C)C1CCCCC1NC. The van der Waals surface area contributed by atoms with Gasteiger partial charge in [0.05, 0.1) is 0 Å². The van der Waals surface area contributed by atoms with Gasteiger partial charge in [0.2, 0.25) is 0 Å². The van der Waals surface area contributed by atoms with E-state index in [1.54, 1.807) is 0 Å². The maximum atomic E-state index is 3.43. The third kappa shape index (κ3) is 2.20. The molecule has 72 valence electrons. The maximum Gasteiger partial charge on any atom is 0.0246 e. The lowest BCUT2D eigenvalue weighted by atomic mass is 9.89. The Morgan fingerprint density at radius 1 is 1.33 bits per heavy atom. The van der Waals surface area contributed by atoms with Crippen molar-refractivity contribution >= 4 is 0 Å². The second-order valence-electron chi connectivity index (χ2n) is 3.82. The molecule has 1 fully saturated rings. The first-order chi connectivity index (χ1) is 5.79. The highest BCUT2D eigenvalue weighted by atomic mass is 15.2. The number of likely N-dealkylation sites (N-methyl/N-ethyl adjacent to an activating group) is 2. The number of hydrogen-bond acceptors (Lipinski definition) is 2. The molecule has 0 aromatic rings. The molecular formula is C10H22N2. The van der Waals surface area contributed by atoms with Gasteiger partial charge in [0.25, 0.3) is 0 Å². The lowest BCUT2D eigenvalue weighted by molar-refractivity contribution is 0.160. The van der Waals surface area contributed by atoms with Crippen molar-refractivity contribution in [1.29, 1.82) is 0 Å². The molecule has 1 aliphatic carbocycles. The van der Waals surface area contributed by atoms with Gasteiger partial charge in [0.1, 0.15) is 0 Å². The fourth-order valence-electron chi connectivity index (χ4n) is 2.21. The Morgan fingerprint density at radius 3 is 2.58 bits per heavy atom. The minimum absolute atomic E-state index is 0.726. The molecule has 2 atom stereocenters. The summed E-state index contributed by atoms with van der Waals surface area (Å²) in [5, 5.41) is 3.43. The van der Waals surface area contributed by atoms with Crippen molar-refractivity contribution in [3.05, 3.63) is 0 Å². The van der Waals surface area contributed by atoms with Crippen molar-refractivity contribution in [3.63, 3.8) is 0 Å². The summed E-state index contributed by atoms with van der Waals surface area (Å²) in [5.74, 6) is 0. The normalized spacial score (nSPS) is 31.0. The molecule has 0 aromatic heterocycles. The molecule has 2 heteroatoms. The van der Waals surface area contributed by atoms with Crippen LogP contribution in [0.1, 0.15) is 32.6 Å². The summed E-state index contributed by atoms with van der Waals surface area (Å²) in [6.45, 7) is 3.41. The summed E-state index contributed by atoms with van der Waals surface area (Å²) in [6, 6.07) is 1.50. The van der Waals surface area contributed by atoms with Crippen LogP contribution in [0.5, 0.6) is 0 Å². The summed E-state index contributed by atoms with van der Waals surface area (Å²) in [6.07, 6.45) is 5.54. The van der Waals surface area contributed by atoms with E-state index in [9.17, 15) is 0 Å². The van der Waals surface area contributed by atoms with Gasteiger partial charge in [-0.25, -0.2) is 0 Å². The van der Waals surface area contributed by atoms with E-state index in [2.05, 4.69) is 31.2 Å². The molecule has 12 heavy (non-hydrogen) atoms. The van der Waals surface area contributed by atoms with E-state index in [4.69, 9.17) is 0 Å². The molecule has 2 unspecified atom stereocenters. The molecule has 0 amide bonds. The van der Waals surface area contributed by atoms with E-state index < -0.39 is 0 Å². The molecule has 2 nitrogen and oxygen atoms in total. The largest absolute Gasteiger partial charge is 0.315 e. The zero-order valence-electron chi connectivity index (χ0n) is 8.64. The predicted molar refractivity (Wildman–Crippen MR) is 53.4 cm³/mol. The van der Waals surface area contributed by atoms with Gasteiger partial charge in [0, 0.05) is 12.1 Å². The molecule has 0 bridgehead atoms. The highest BCUT2D eigenvalue weighted by molar-refractivity contribution is 4.85. The molecule has 0 spiro atoms. The fourth-order valence-corrected chi connectivity index (χ4v) is 2.21. The van der Waals surface area contributed by atoms with Gasteiger partial charge < -0.3 is 10.2 Å². The first-order valence-corrected chi connectivity index (χ1v) is 5.17. The zero-order valence-corrected chi connectivity index (χ0v) is 8.64. The van der Waals surface area contributed by atoms with E-state index >= 15 is 0 Å². The van der Waals surface area contributed by atoms with Crippen molar-refractivity contribution in [3.8, 4) is 0 Å². The Hall–Kier alpha value is -0.0800. The van der Waals surface area contributed by atoms with Crippen molar-refractivity contribution < 1.29 is 0 Å². The van der Waals surface area contributed by atoms with Crippen LogP contribution >= 0.6 is 0 Å². The molecule has 0 heterocycles. The Kier molecular flexibility index (Phi) is 4.02. The van der Waals surface area contributed by atoms with Crippen LogP contribution in [0.15, 0.2) is 0 Å². The van der Waals surface area contributed by atoms with Crippen LogP contribution in [0.3, 0.4) is 0 Å². The van der Waals surface area contributed by atoms with E-state index in [0.29, 0.717) is 0 Å². The second-order valence-corrected chi connectivity index (χ2v) is 3.82. The average Bonchev–Trinajstić information content (AvgIpc) is 2.16. The number of nitrogens with zero attached hydrogens (tertiary/aromatic N) is 1. The standard InChI is InChI=1S/C10H22N2/c1-4-12(3)10-8-6-5-7-9(10)11-2/h9-11H,4-8H2,1-3H3. The van der Waals surface area contributed by atoms with Crippen LogP contribution in [0.2, 0.25) is 0 Å². The third-order valence-corrected chi connectivity index (χ3v) is 3.17. The van der Waals surface area contributed by atoms with Gasteiger partial charge in [0.15, 0.2) is 0 Å². The quantitative estimate of drug-likeness (QED) is 0.690. The third-order valence-electron chi connectivity index (χ3n) is 3.17. The van der Waals surface area contributed by atoms with Crippen molar-refractivity contribution in [2.24, 2.45) is 0 Å². The van der Waals surface area contributed by atoms with Crippen LogP contribution in [0.25, 0.3) is 0 Å². The van der Waals surface area contributed by atoms with Crippen LogP contribution in [-0.4, -0.2) is 37.6 Å². The summed E-state index contributed by atoms with van der Waals surface area (Å²) in [5.41, 5.74) is 0. The molecular weight excluding hydrogens is 148 g/mol.